The van der Waals surface area contributed by atoms with Crippen LogP contribution in [0.15, 0.2) is 36.4 Å². The molecule has 0 N–H and O–H groups in total. The molecule has 1 rings (SSSR count). The number of ether oxygens (including phenoxy) is 2. The number of allylic oxidation sites excluding steroid dienone is 1. The monoisotopic (exact) mass is 240 g/mol. The van der Waals surface area contributed by atoms with Crippen molar-refractivity contribution in [2.45, 2.75) is 0 Å². The first kappa shape index (κ1) is 13.3. The Labute approximate surface area is 106 Å². The number of nitrogens with zero attached hydrogens (tertiary/aromatic N) is 2. The van der Waals surface area contributed by atoms with E-state index in [-0.39, 0.29) is 5.57 Å². The summed E-state index contributed by atoms with van der Waals surface area (Å²) in [7, 11) is 1.53. The van der Waals surface area contributed by atoms with Crippen molar-refractivity contribution in [3.05, 3.63) is 42.0 Å². The summed E-state index contributed by atoms with van der Waals surface area (Å²) in [6.45, 7) is 3.95. The van der Waals surface area contributed by atoms with Crippen LogP contribution in [-0.2, 0) is 0 Å². The molecule has 0 atom stereocenters. The number of nitriles is 2. The third kappa shape index (κ3) is 3.40. The topological polar surface area (TPSA) is 66.0 Å². The predicted molar refractivity (Wildman–Crippen MR) is 67.9 cm³/mol. The van der Waals surface area contributed by atoms with Gasteiger partial charge in [0.2, 0.25) is 0 Å². The van der Waals surface area contributed by atoms with E-state index < -0.39 is 0 Å². The van der Waals surface area contributed by atoms with Gasteiger partial charge in [0.05, 0.1) is 7.11 Å². The van der Waals surface area contributed by atoms with Gasteiger partial charge < -0.3 is 9.47 Å². The zero-order valence-electron chi connectivity index (χ0n) is 10.0. The van der Waals surface area contributed by atoms with E-state index in [1.54, 1.807) is 36.4 Å². The molecule has 0 saturated heterocycles. The fourth-order valence-corrected chi connectivity index (χ4v) is 1.30. The summed E-state index contributed by atoms with van der Waals surface area (Å²) in [5, 5.41) is 17.4. The second kappa shape index (κ2) is 6.78. The van der Waals surface area contributed by atoms with E-state index in [1.807, 2.05) is 0 Å². The molecule has 1 aromatic carbocycles. The molecule has 0 aliphatic heterocycles. The van der Waals surface area contributed by atoms with E-state index >= 15 is 0 Å². The van der Waals surface area contributed by atoms with Crippen LogP contribution in [0.1, 0.15) is 5.56 Å². The molecule has 4 heteroatoms. The maximum atomic E-state index is 8.68. The first-order chi connectivity index (χ1) is 8.74. The molecule has 0 unspecified atom stereocenters. The summed E-state index contributed by atoms with van der Waals surface area (Å²) in [6, 6.07) is 8.77. The van der Waals surface area contributed by atoms with Gasteiger partial charge in [0, 0.05) is 0 Å². The molecule has 0 saturated carbocycles. The minimum absolute atomic E-state index is 0.0387. The van der Waals surface area contributed by atoms with Crippen molar-refractivity contribution in [2.75, 3.05) is 13.7 Å². The molecule has 0 aromatic heterocycles. The van der Waals surface area contributed by atoms with Crippen LogP contribution in [0, 0.1) is 22.7 Å². The van der Waals surface area contributed by atoms with Gasteiger partial charge in [-0.25, -0.2) is 0 Å². The van der Waals surface area contributed by atoms with E-state index in [2.05, 4.69) is 6.58 Å². The summed E-state index contributed by atoms with van der Waals surface area (Å²) in [5.41, 5.74) is 0.743. The molecule has 0 aliphatic rings. The Bertz CT molecular complexity index is 532. The SMILES string of the molecule is C=CCOc1ccc(C=C(C#N)C#N)cc1OC. The molecule has 90 valence electrons. The molecule has 0 aliphatic carbocycles. The highest BCUT2D eigenvalue weighted by atomic mass is 16.5. The highest BCUT2D eigenvalue weighted by molar-refractivity contribution is 5.64. The van der Waals surface area contributed by atoms with Gasteiger partial charge in [-0.3, -0.25) is 0 Å². The third-order valence-electron chi connectivity index (χ3n) is 2.10. The maximum absolute atomic E-state index is 8.68. The number of methoxy groups -OCH3 is 1. The van der Waals surface area contributed by atoms with Crippen LogP contribution in [0.2, 0.25) is 0 Å². The highest BCUT2D eigenvalue weighted by Gasteiger charge is 2.04. The van der Waals surface area contributed by atoms with Gasteiger partial charge in [-0.15, -0.1) is 0 Å². The summed E-state index contributed by atoms with van der Waals surface area (Å²) >= 11 is 0. The highest BCUT2D eigenvalue weighted by Crippen LogP contribution is 2.28. The van der Waals surface area contributed by atoms with E-state index in [0.29, 0.717) is 23.7 Å². The zero-order chi connectivity index (χ0) is 13.4. The molecule has 0 spiro atoms. The minimum atomic E-state index is 0.0387. The van der Waals surface area contributed by atoms with Crippen LogP contribution in [-0.4, -0.2) is 13.7 Å². The lowest BCUT2D eigenvalue weighted by Gasteiger charge is -2.09. The fourth-order valence-electron chi connectivity index (χ4n) is 1.30. The van der Waals surface area contributed by atoms with Crippen molar-refractivity contribution in [1.29, 1.82) is 10.5 Å². The van der Waals surface area contributed by atoms with Crippen molar-refractivity contribution in [3.63, 3.8) is 0 Å². The van der Waals surface area contributed by atoms with Crippen LogP contribution in [0.3, 0.4) is 0 Å². The number of rotatable bonds is 5. The lowest BCUT2D eigenvalue weighted by Crippen LogP contribution is -1.96. The molecular formula is C14H12N2O2. The molecule has 0 amide bonds. The van der Waals surface area contributed by atoms with Gasteiger partial charge in [0.15, 0.2) is 11.5 Å². The number of hydrogen-bond donors (Lipinski definition) is 0. The lowest BCUT2D eigenvalue weighted by molar-refractivity contribution is 0.326. The first-order valence-electron chi connectivity index (χ1n) is 5.18. The van der Waals surface area contributed by atoms with Gasteiger partial charge >= 0.3 is 0 Å². The Morgan fingerprint density at radius 3 is 2.61 bits per heavy atom. The Hall–Kier alpha value is -2.72. The molecule has 0 radical (unpaired) electrons. The van der Waals surface area contributed by atoms with Crippen molar-refractivity contribution < 1.29 is 9.47 Å². The van der Waals surface area contributed by atoms with Crippen molar-refractivity contribution in [1.82, 2.24) is 0 Å². The predicted octanol–water partition coefficient (Wildman–Crippen LogP) is 2.69. The quantitative estimate of drug-likeness (QED) is 0.586. The number of hydrogen-bond acceptors (Lipinski definition) is 4. The summed E-state index contributed by atoms with van der Waals surface area (Å²) in [5.74, 6) is 1.13. The molecule has 0 fully saturated rings. The van der Waals surface area contributed by atoms with E-state index in [4.69, 9.17) is 20.0 Å². The van der Waals surface area contributed by atoms with Crippen LogP contribution in [0.25, 0.3) is 6.08 Å². The standard InChI is InChI=1S/C14H12N2O2/c1-3-6-18-13-5-4-11(8-14(13)17-2)7-12(9-15)10-16/h3-5,7-8H,1,6H2,2H3. The fraction of sp³-hybridized carbons (Fsp3) is 0.143. The summed E-state index contributed by atoms with van der Waals surface area (Å²) < 4.78 is 10.6. The average Bonchev–Trinajstić information content (AvgIpc) is 2.42. The van der Waals surface area contributed by atoms with Gasteiger partial charge in [0.1, 0.15) is 24.3 Å². The largest absolute Gasteiger partial charge is 0.493 e. The van der Waals surface area contributed by atoms with E-state index in [9.17, 15) is 0 Å². The lowest BCUT2D eigenvalue weighted by atomic mass is 10.1. The Balaban J connectivity index is 3.06. The molecular weight excluding hydrogens is 228 g/mol. The zero-order valence-corrected chi connectivity index (χ0v) is 10.0. The van der Waals surface area contributed by atoms with Crippen molar-refractivity contribution in [2.24, 2.45) is 0 Å². The smallest absolute Gasteiger partial charge is 0.161 e. The van der Waals surface area contributed by atoms with Gasteiger partial charge in [-0.1, -0.05) is 18.7 Å². The summed E-state index contributed by atoms with van der Waals surface area (Å²) in [4.78, 5) is 0. The minimum Gasteiger partial charge on any atom is -0.493 e. The van der Waals surface area contributed by atoms with Gasteiger partial charge in [-0.05, 0) is 23.8 Å². The molecule has 1 aromatic rings. The van der Waals surface area contributed by atoms with Crippen LogP contribution in [0.4, 0.5) is 0 Å². The van der Waals surface area contributed by atoms with Gasteiger partial charge in [0.25, 0.3) is 0 Å². The van der Waals surface area contributed by atoms with Crippen molar-refractivity contribution >= 4 is 6.08 Å². The molecule has 0 heterocycles. The van der Waals surface area contributed by atoms with Crippen LogP contribution < -0.4 is 9.47 Å². The second-order valence-corrected chi connectivity index (χ2v) is 3.29. The Morgan fingerprint density at radius 1 is 1.33 bits per heavy atom. The molecule has 18 heavy (non-hydrogen) atoms. The van der Waals surface area contributed by atoms with Crippen LogP contribution >= 0.6 is 0 Å². The van der Waals surface area contributed by atoms with Gasteiger partial charge in [-0.2, -0.15) is 10.5 Å². The normalized spacial score (nSPS) is 8.61. The Kier molecular flexibility index (Phi) is 5.02. The van der Waals surface area contributed by atoms with E-state index in [0.717, 1.165) is 0 Å². The maximum Gasteiger partial charge on any atom is 0.161 e. The number of benzene rings is 1. The van der Waals surface area contributed by atoms with Crippen molar-refractivity contribution in [3.8, 4) is 23.6 Å². The average molecular weight is 240 g/mol. The van der Waals surface area contributed by atoms with E-state index in [1.165, 1.54) is 13.2 Å². The second-order valence-electron chi connectivity index (χ2n) is 3.29. The Morgan fingerprint density at radius 2 is 2.06 bits per heavy atom. The van der Waals surface area contributed by atoms with Crippen LogP contribution in [0.5, 0.6) is 11.5 Å². The summed E-state index contributed by atoms with van der Waals surface area (Å²) in [6.07, 6.45) is 3.12. The third-order valence-corrected chi connectivity index (χ3v) is 2.10. The first-order valence-corrected chi connectivity index (χ1v) is 5.18. The molecule has 0 bridgehead atoms. The molecule has 4 nitrogen and oxygen atoms in total.